The Kier molecular flexibility index (Phi) is 5.58. The number of carbonyl (C=O) groups is 3. The van der Waals surface area contributed by atoms with E-state index in [0.717, 1.165) is 17.0 Å². The number of nitrogens with zero attached hydrogens (tertiary/aromatic N) is 1. The fourth-order valence-electron chi connectivity index (χ4n) is 2.78. The highest BCUT2D eigenvalue weighted by Gasteiger charge is 2.22. The third-order valence-electron chi connectivity index (χ3n) is 4.00. The molecule has 7 heteroatoms. The molecule has 1 fully saturated rings. The van der Waals surface area contributed by atoms with E-state index >= 15 is 0 Å². The van der Waals surface area contributed by atoms with Crippen LogP contribution >= 0.6 is 11.8 Å². The van der Waals surface area contributed by atoms with Crippen molar-refractivity contribution in [3.63, 3.8) is 0 Å². The van der Waals surface area contributed by atoms with Crippen LogP contribution in [0.4, 0.5) is 11.4 Å². The van der Waals surface area contributed by atoms with Crippen molar-refractivity contribution in [3.8, 4) is 0 Å². The van der Waals surface area contributed by atoms with E-state index in [0.29, 0.717) is 24.2 Å². The summed E-state index contributed by atoms with van der Waals surface area (Å²) in [5.41, 5.74) is 7.01. The van der Waals surface area contributed by atoms with E-state index in [9.17, 15) is 14.4 Å². The zero-order chi connectivity index (χ0) is 18.5. The van der Waals surface area contributed by atoms with Crippen LogP contribution in [0.3, 0.4) is 0 Å². The number of para-hydroxylation sites is 1. The summed E-state index contributed by atoms with van der Waals surface area (Å²) in [7, 11) is 0. The van der Waals surface area contributed by atoms with E-state index in [1.54, 1.807) is 29.2 Å². The maximum absolute atomic E-state index is 12.6. The van der Waals surface area contributed by atoms with Crippen LogP contribution in [0, 0.1) is 0 Å². The minimum Gasteiger partial charge on any atom is -0.369 e. The van der Waals surface area contributed by atoms with Crippen molar-refractivity contribution < 1.29 is 14.4 Å². The number of primary amides is 1. The van der Waals surface area contributed by atoms with E-state index < -0.39 is 5.91 Å². The molecule has 0 unspecified atom stereocenters. The predicted molar refractivity (Wildman–Crippen MR) is 102 cm³/mol. The first-order valence-corrected chi connectivity index (χ1v) is 9.25. The van der Waals surface area contributed by atoms with Gasteiger partial charge in [0.2, 0.25) is 11.8 Å². The molecule has 3 N–H and O–H groups in total. The lowest BCUT2D eigenvalue weighted by atomic mass is 10.1. The number of hydrogen-bond donors (Lipinski definition) is 2. The molecule has 6 nitrogen and oxygen atoms in total. The monoisotopic (exact) mass is 369 g/mol. The van der Waals surface area contributed by atoms with Crippen LogP contribution in [-0.4, -0.2) is 30.0 Å². The summed E-state index contributed by atoms with van der Waals surface area (Å²) in [5.74, 6) is -0.472. The number of rotatable bonds is 6. The van der Waals surface area contributed by atoms with Crippen LogP contribution < -0.4 is 16.0 Å². The number of amides is 3. The molecule has 0 spiro atoms. The molecule has 0 aromatic heterocycles. The van der Waals surface area contributed by atoms with Crippen LogP contribution in [0.1, 0.15) is 23.2 Å². The molecule has 1 aliphatic rings. The van der Waals surface area contributed by atoms with Crippen molar-refractivity contribution >= 4 is 40.9 Å². The third-order valence-corrected chi connectivity index (χ3v) is 5.09. The molecule has 0 aliphatic carbocycles. The zero-order valence-electron chi connectivity index (χ0n) is 14.1. The molecule has 3 rings (SSSR count). The molecule has 0 radical (unpaired) electrons. The molecule has 1 saturated heterocycles. The quantitative estimate of drug-likeness (QED) is 0.766. The topological polar surface area (TPSA) is 92.5 Å². The molecule has 2 aromatic carbocycles. The second-order valence-corrected chi connectivity index (χ2v) is 6.92. The average molecular weight is 369 g/mol. The highest BCUT2D eigenvalue weighted by Crippen LogP contribution is 2.28. The Morgan fingerprint density at radius 1 is 1.15 bits per heavy atom. The lowest BCUT2D eigenvalue weighted by Crippen LogP contribution is -2.24. The number of carbonyl (C=O) groups excluding carboxylic acids is 3. The van der Waals surface area contributed by atoms with Gasteiger partial charge in [0.05, 0.1) is 11.4 Å². The van der Waals surface area contributed by atoms with Crippen molar-refractivity contribution in [1.82, 2.24) is 0 Å². The second-order valence-electron chi connectivity index (χ2n) is 5.90. The number of nitrogens with two attached hydrogens (primary N) is 1. The first kappa shape index (κ1) is 18.0. The average Bonchev–Trinajstić information content (AvgIpc) is 3.07. The number of hydrogen-bond acceptors (Lipinski definition) is 4. The van der Waals surface area contributed by atoms with Crippen molar-refractivity contribution in [3.05, 3.63) is 54.1 Å². The van der Waals surface area contributed by atoms with Gasteiger partial charge in [0.1, 0.15) is 0 Å². The summed E-state index contributed by atoms with van der Waals surface area (Å²) < 4.78 is 0. The third kappa shape index (κ3) is 4.23. The fourth-order valence-corrected chi connectivity index (χ4v) is 3.52. The number of benzene rings is 2. The van der Waals surface area contributed by atoms with Crippen LogP contribution in [0.15, 0.2) is 53.4 Å². The minimum atomic E-state index is -0.417. The Hall–Kier alpha value is -2.80. The standard InChI is InChI=1S/C19H19N3O3S/c20-17(23)12-26-16-8-2-1-7-15(16)21-19(25)13-5-3-6-14(11-13)22-10-4-9-18(22)24/h1-3,5-8,11H,4,9-10,12H2,(H2,20,23)(H,21,25). The molecule has 1 heterocycles. The van der Waals surface area contributed by atoms with Gasteiger partial charge in [-0.15, -0.1) is 11.8 Å². The summed E-state index contributed by atoms with van der Waals surface area (Å²) in [6.45, 7) is 0.677. The lowest BCUT2D eigenvalue weighted by molar-refractivity contribution is -0.117. The Morgan fingerprint density at radius 3 is 2.69 bits per heavy atom. The summed E-state index contributed by atoms with van der Waals surface area (Å²) >= 11 is 1.27. The van der Waals surface area contributed by atoms with Crippen molar-refractivity contribution in [2.45, 2.75) is 17.7 Å². The van der Waals surface area contributed by atoms with E-state index in [1.165, 1.54) is 11.8 Å². The number of anilines is 2. The predicted octanol–water partition coefficient (Wildman–Crippen LogP) is 2.64. The van der Waals surface area contributed by atoms with Gasteiger partial charge in [0.15, 0.2) is 0 Å². The van der Waals surface area contributed by atoms with Crippen LogP contribution in [0.25, 0.3) is 0 Å². The van der Waals surface area contributed by atoms with Gasteiger partial charge in [0, 0.05) is 29.1 Å². The van der Waals surface area contributed by atoms with Crippen molar-refractivity contribution in [2.24, 2.45) is 5.73 Å². The molecular formula is C19H19N3O3S. The summed E-state index contributed by atoms with van der Waals surface area (Å²) in [5, 5.41) is 2.86. The largest absolute Gasteiger partial charge is 0.369 e. The highest BCUT2D eigenvalue weighted by atomic mass is 32.2. The van der Waals surface area contributed by atoms with Gasteiger partial charge in [-0.1, -0.05) is 18.2 Å². The maximum atomic E-state index is 12.6. The summed E-state index contributed by atoms with van der Waals surface area (Å²) in [6.07, 6.45) is 1.38. The van der Waals surface area contributed by atoms with E-state index in [2.05, 4.69) is 5.32 Å². The second kappa shape index (κ2) is 8.05. The molecule has 0 saturated carbocycles. The van der Waals surface area contributed by atoms with Crippen molar-refractivity contribution in [1.29, 1.82) is 0 Å². The molecule has 134 valence electrons. The molecule has 26 heavy (non-hydrogen) atoms. The molecule has 0 atom stereocenters. The van der Waals surface area contributed by atoms with Crippen LogP contribution in [0.2, 0.25) is 0 Å². The van der Waals surface area contributed by atoms with Gasteiger partial charge < -0.3 is 16.0 Å². The Bertz CT molecular complexity index is 853. The van der Waals surface area contributed by atoms with E-state index in [4.69, 9.17) is 5.73 Å². The smallest absolute Gasteiger partial charge is 0.255 e. The number of thioether (sulfide) groups is 1. The Balaban J connectivity index is 1.76. The lowest BCUT2D eigenvalue weighted by Gasteiger charge is -2.16. The first-order chi connectivity index (χ1) is 12.5. The molecule has 2 aromatic rings. The summed E-state index contributed by atoms with van der Waals surface area (Å²) in [4.78, 5) is 38.0. The van der Waals surface area contributed by atoms with Gasteiger partial charge in [-0.25, -0.2) is 0 Å². The van der Waals surface area contributed by atoms with Gasteiger partial charge in [-0.05, 0) is 36.8 Å². The Morgan fingerprint density at radius 2 is 1.96 bits per heavy atom. The molecule has 1 aliphatic heterocycles. The summed E-state index contributed by atoms with van der Waals surface area (Å²) in [6, 6.07) is 14.3. The van der Waals surface area contributed by atoms with Gasteiger partial charge in [-0.2, -0.15) is 0 Å². The molecule has 0 bridgehead atoms. The van der Waals surface area contributed by atoms with Gasteiger partial charge >= 0.3 is 0 Å². The van der Waals surface area contributed by atoms with Gasteiger partial charge in [-0.3, -0.25) is 14.4 Å². The van der Waals surface area contributed by atoms with E-state index in [-0.39, 0.29) is 17.6 Å². The normalized spacial score (nSPS) is 13.7. The minimum absolute atomic E-state index is 0.0794. The molecule has 3 amide bonds. The van der Waals surface area contributed by atoms with Crippen molar-refractivity contribution in [2.75, 3.05) is 22.5 Å². The Labute approximate surface area is 155 Å². The first-order valence-electron chi connectivity index (χ1n) is 8.26. The van der Waals surface area contributed by atoms with Crippen LogP contribution in [0.5, 0.6) is 0 Å². The van der Waals surface area contributed by atoms with E-state index in [1.807, 2.05) is 24.3 Å². The zero-order valence-corrected chi connectivity index (χ0v) is 14.9. The fraction of sp³-hybridized carbons (Fsp3) is 0.211. The highest BCUT2D eigenvalue weighted by molar-refractivity contribution is 8.00. The maximum Gasteiger partial charge on any atom is 0.255 e. The SMILES string of the molecule is NC(=O)CSc1ccccc1NC(=O)c1cccc(N2CCCC2=O)c1. The van der Waals surface area contributed by atoms with Crippen LogP contribution in [-0.2, 0) is 9.59 Å². The van der Waals surface area contributed by atoms with Gasteiger partial charge in [0.25, 0.3) is 5.91 Å². The molecular weight excluding hydrogens is 350 g/mol. The number of nitrogens with one attached hydrogen (secondary N) is 1.